The van der Waals surface area contributed by atoms with Gasteiger partial charge in [-0.1, -0.05) is 13.8 Å². The molecule has 6 nitrogen and oxygen atoms in total. The zero-order chi connectivity index (χ0) is 13.9. The Hall–Kier alpha value is -1.14. The van der Waals surface area contributed by atoms with Crippen molar-refractivity contribution in [2.24, 2.45) is 5.92 Å². The first-order valence-corrected chi connectivity index (χ1v) is 6.04. The van der Waals surface area contributed by atoms with Crippen LogP contribution in [0.1, 0.15) is 34.1 Å². The predicted molar refractivity (Wildman–Crippen MR) is 61.4 cm³/mol. The molecule has 104 valence electrons. The van der Waals surface area contributed by atoms with Gasteiger partial charge in [0, 0.05) is 19.8 Å². The van der Waals surface area contributed by atoms with Crippen molar-refractivity contribution in [1.29, 1.82) is 0 Å². The second-order valence-corrected chi connectivity index (χ2v) is 4.48. The molecule has 3 unspecified atom stereocenters. The number of ether oxygens (including phenoxy) is 3. The van der Waals surface area contributed by atoms with Gasteiger partial charge in [-0.3, -0.25) is 9.59 Å². The monoisotopic (exact) mass is 260 g/mol. The second-order valence-electron chi connectivity index (χ2n) is 4.48. The van der Waals surface area contributed by atoms with E-state index in [4.69, 9.17) is 14.2 Å². The highest BCUT2D eigenvalue weighted by molar-refractivity contribution is 5.67. The van der Waals surface area contributed by atoms with Gasteiger partial charge in [-0.15, -0.1) is 0 Å². The van der Waals surface area contributed by atoms with Gasteiger partial charge < -0.3 is 19.3 Å². The molecule has 18 heavy (non-hydrogen) atoms. The molecular formula is C12H20O6. The van der Waals surface area contributed by atoms with Crippen LogP contribution in [0.3, 0.4) is 0 Å². The molecule has 0 amide bonds. The summed E-state index contributed by atoms with van der Waals surface area (Å²) in [6.45, 7) is 6.11. The van der Waals surface area contributed by atoms with Crippen LogP contribution in [0.2, 0.25) is 0 Å². The molecule has 0 aromatic carbocycles. The number of rotatable bonds is 3. The Labute approximate surface area is 106 Å². The van der Waals surface area contributed by atoms with Crippen molar-refractivity contribution in [2.45, 2.75) is 58.7 Å². The molecule has 6 heteroatoms. The molecule has 1 saturated heterocycles. The van der Waals surface area contributed by atoms with Crippen molar-refractivity contribution >= 4 is 11.9 Å². The first-order chi connectivity index (χ1) is 8.36. The minimum Gasteiger partial charge on any atom is -0.455 e. The first-order valence-electron chi connectivity index (χ1n) is 6.04. The molecule has 0 bridgehead atoms. The van der Waals surface area contributed by atoms with Gasteiger partial charge in [0.25, 0.3) is 0 Å². The Kier molecular flexibility index (Phi) is 5.10. The fourth-order valence-corrected chi connectivity index (χ4v) is 2.06. The van der Waals surface area contributed by atoms with Gasteiger partial charge in [-0.2, -0.15) is 0 Å². The normalized spacial score (nSPS) is 35.9. The van der Waals surface area contributed by atoms with E-state index >= 15 is 0 Å². The molecule has 1 heterocycles. The van der Waals surface area contributed by atoms with E-state index < -0.39 is 36.5 Å². The van der Waals surface area contributed by atoms with Crippen molar-refractivity contribution in [3.8, 4) is 0 Å². The van der Waals surface area contributed by atoms with Crippen LogP contribution in [0, 0.1) is 5.92 Å². The van der Waals surface area contributed by atoms with E-state index in [1.165, 1.54) is 13.8 Å². The molecule has 0 spiro atoms. The van der Waals surface area contributed by atoms with Crippen LogP contribution in [0.5, 0.6) is 0 Å². The van der Waals surface area contributed by atoms with E-state index in [1.54, 1.807) is 6.92 Å². The lowest BCUT2D eigenvalue weighted by Gasteiger charge is -2.41. The number of hydrogen-bond acceptors (Lipinski definition) is 6. The Bertz CT molecular complexity index is 316. The lowest BCUT2D eigenvalue weighted by Crippen LogP contribution is -2.55. The third kappa shape index (κ3) is 3.43. The molecule has 5 atom stereocenters. The summed E-state index contributed by atoms with van der Waals surface area (Å²) in [5.74, 6) is -1.39. The first kappa shape index (κ1) is 14.9. The summed E-state index contributed by atoms with van der Waals surface area (Å²) >= 11 is 0. The van der Waals surface area contributed by atoms with Crippen molar-refractivity contribution in [3.63, 3.8) is 0 Å². The maximum absolute atomic E-state index is 11.0. The molecular weight excluding hydrogens is 240 g/mol. The van der Waals surface area contributed by atoms with Gasteiger partial charge in [0.05, 0.1) is 12.2 Å². The minimum absolute atomic E-state index is 0.364. The van der Waals surface area contributed by atoms with E-state index in [-0.39, 0.29) is 5.92 Å². The van der Waals surface area contributed by atoms with Gasteiger partial charge in [-0.25, -0.2) is 0 Å². The quantitative estimate of drug-likeness (QED) is 0.749. The zero-order valence-corrected chi connectivity index (χ0v) is 11.1. The lowest BCUT2D eigenvalue weighted by molar-refractivity contribution is -0.278. The third-order valence-corrected chi connectivity index (χ3v) is 3.00. The van der Waals surface area contributed by atoms with Crippen molar-refractivity contribution < 1.29 is 28.9 Å². The molecule has 1 rings (SSSR count). The zero-order valence-electron chi connectivity index (χ0n) is 11.1. The van der Waals surface area contributed by atoms with Crippen LogP contribution in [-0.2, 0) is 23.8 Å². The molecule has 1 aliphatic rings. The number of aliphatic hydroxyl groups excluding tert-OH is 1. The van der Waals surface area contributed by atoms with Crippen LogP contribution in [-0.4, -0.2) is 41.6 Å². The summed E-state index contributed by atoms with van der Waals surface area (Å²) in [5.41, 5.74) is 0. The lowest BCUT2D eigenvalue weighted by atomic mass is 9.89. The van der Waals surface area contributed by atoms with Crippen molar-refractivity contribution in [1.82, 2.24) is 0 Å². The maximum atomic E-state index is 11.0. The average molecular weight is 260 g/mol. The van der Waals surface area contributed by atoms with Crippen LogP contribution < -0.4 is 0 Å². The summed E-state index contributed by atoms with van der Waals surface area (Å²) in [7, 11) is 0. The highest BCUT2D eigenvalue weighted by Gasteiger charge is 2.45. The number of esters is 2. The SMILES string of the molecule is CCC1OC(OC(C)=O)C(OC(C)=O)[C@@H](C)[C@H]1O. The van der Waals surface area contributed by atoms with E-state index in [2.05, 4.69) is 0 Å². The van der Waals surface area contributed by atoms with E-state index in [1.807, 2.05) is 6.92 Å². The van der Waals surface area contributed by atoms with E-state index in [0.29, 0.717) is 6.42 Å². The molecule has 0 aromatic heterocycles. The van der Waals surface area contributed by atoms with Crippen LogP contribution in [0.4, 0.5) is 0 Å². The predicted octanol–water partition coefficient (Wildman–Crippen LogP) is 0.613. The Balaban J connectivity index is 2.86. The van der Waals surface area contributed by atoms with Gasteiger partial charge in [-0.05, 0) is 6.42 Å². The summed E-state index contributed by atoms with van der Waals surface area (Å²) in [6.07, 6.45) is -2.36. The Morgan fingerprint density at radius 1 is 1.22 bits per heavy atom. The maximum Gasteiger partial charge on any atom is 0.305 e. The van der Waals surface area contributed by atoms with Gasteiger partial charge in [0.2, 0.25) is 6.29 Å². The van der Waals surface area contributed by atoms with Crippen molar-refractivity contribution in [3.05, 3.63) is 0 Å². The Morgan fingerprint density at radius 2 is 1.78 bits per heavy atom. The highest BCUT2D eigenvalue weighted by atomic mass is 16.7. The fourth-order valence-electron chi connectivity index (χ4n) is 2.06. The van der Waals surface area contributed by atoms with Gasteiger partial charge >= 0.3 is 11.9 Å². The number of hydrogen-bond donors (Lipinski definition) is 1. The standard InChI is InChI=1S/C12H20O6/c1-5-9-10(15)6(2)11(16-7(3)13)12(18-9)17-8(4)14/h6,9-12,15H,5H2,1-4H3/t6-,9?,10+,11?,12?/m0/s1. The highest BCUT2D eigenvalue weighted by Crippen LogP contribution is 2.30. The molecule has 0 radical (unpaired) electrons. The van der Waals surface area contributed by atoms with Crippen LogP contribution in [0.15, 0.2) is 0 Å². The topological polar surface area (TPSA) is 82.1 Å². The van der Waals surface area contributed by atoms with Gasteiger partial charge in [0.15, 0.2) is 6.10 Å². The van der Waals surface area contributed by atoms with Crippen LogP contribution in [0.25, 0.3) is 0 Å². The van der Waals surface area contributed by atoms with Gasteiger partial charge in [0.1, 0.15) is 0 Å². The molecule has 1 fully saturated rings. The summed E-state index contributed by atoms with van der Waals surface area (Å²) in [6, 6.07) is 0. The number of carbonyl (C=O) groups is 2. The summed E-state index contributed by atoms with van der Waals surface area (Å²) < 4.78 is 15.6. The molecule has 1 aliphatic heterocycles. The smallest absolute Gasteiger partial charge is 0.305 e. The number of aliphatic hydroxyl groups is 1. The largest absolute Gasteiger partial charge is 0.455 e. The Morgan fingerprint density at radius 3 is 2.22 bits per heavy atom. The molecule has 0 saturated carbocycles. The summed E-state index contributed by atoms with van der Waals surface area (Å²) in [4.78, 5) is 22.1. The second kappa shape index (κ2) is 6.15. The minimum atomic E-state index is -0.963. The van der Waals surface area contributed by atoms with E-state index in [0.717, 1.165) is 0 Å². The summed E-state index contributed by atoms with van der Waals surface area (Å²) in [5, 5.41) is 10.0. The molecule has 1 N–H and O–H groups in total. The molecule has 0 aromatic rings. The fraction of sp³-hybridized carbons (Fsp3) is 0.833. The van der Waals surface area contributed by atoms with Crippen molar-refractivity contribution in [2.75, 3.05) is 0 Å². The van der Waals surface area contributed by atoms with E-state index in [9.17, 15) is 14.7 Å². The number of carbonyl (C=O) groups excluding carboxylic acids is 2. The molecule has 0 aliphatic carbocycles. The van der Waals surface area contributed by atoms with Crippen LogP contribution >= 0.6 is 0 Å². The average Bonchev–Trinajstić information content (AvgIpc) is 2.27. The third-order valence-electron chi connectivity index (χ3n) is 3.00.